The average Bonchev–Trinajstić information content (AvgIpc) is 3.30. The Labute approximate surface area is 160 Å². The molecule has 0 saturated heterocycles. The van der Waals surface area contributed by atoms with Crippen molar-refractivity contribution < 1.29 is 4.79 Å². The van der Waals surface area contributed by atoms with Crippen LogP contribution in [0.3, 0.4) is 0 Å². The smallest absolute Gasteiger partial charge is 0.236 e. The number of nitrogens with one attached hydrogen (secondary N) is 2. The lowest BCUT2D eigenvalue weighted by Gasteiger charge is -2.00. The van der Waals surface area contributed by atoms with Gasteiger partial charge in [-0.25, -0.2) is 9.97 Å². The molecule has 2 heterocycles. The number of aromatic amines is 1. The van der Waals surface area contributed by atoms with Crippen molar-refractivity contribution in [1.29, 1.82) is 0 Å². The SMILES string of the molecule is CCCc1nc(SCC(=O)Nc2nc(-c3ccc(CC)cc3)cs2)n[nH]1. The predicted molar refractivity (Wildman–Crippen MR) is 107 cm³/mol. The average molecular weight is 388 g/mol. The second-order valence-electron chi connectivity index (χ2n) is 5.74. The molecule has 0 spiro atoms. The van der Waals surface area contributed by atoms with Crippen LogP contribution in [0.25, 0.3) is 11.3 Å². The number of H-pyrrole nitrogens is 1. The van der Waals surface area contributed by atoms with Crippen LogP contribution >= 0.6 is 23.1 Å². The van der Waals surface area contributed by atoms with E-state index >= 15 is 0 Å². The van der Waals surface area contributed by atoms with Crippen LogP contribution in [0.4, 0.5) is 5.13 Å². The Morgan fingerprint density at radius 2 is 2.04 bits per heavy atom. The first-order valence-corrected chi connectivity index (χ1v) is 10.4. The fraction of sp³-hybridized carbons (Fsp3) is 0.333. The van der Waals surface area contributed by atoms with E-state index in [9.17, 15) is 4.79 Å². The lowest BCUT2D eigenvalue weighted by atomic mass is 10.1. The summed E-state index contributed by atoms with van der Waals surface area (Å²) in [4.78, 5) is 21.0. The number of thiazole rings is 1. The zero-order chi connectivity index (χ0) is 18.4. The van der Waals surface area contributed by atoms with Crippen molar-refractivity contribution in [3.63, 3.8) is 0 Å². The van der Waals surface area contributed by atoms with Gasteiger partial charge in [-0.3, -0.25) is 9.89 Å². The molecule has 2 aromatic heterocycles. The van der Waals surface area contributed by atoms with Crippen LogP contribution in [0.5, 0.6) is 0 Å². The van der Waals surface area contributed by atoms with Gasteiger partial charge in [-0.05, 0) is 18.4 Å². The number of aromatic nitrogens is 4. The van der Waals surface area contributed by atoms with Crippen LogP contribution in [-0.4, -0.2) is 31.8 Å². The molecule has 2 N–H and O–H groups in total. The zero-order valence-corrected chi connectivity index (χ0v) is 16.4. The van der Waals surface area contributed by atoms with Crippen LogP contribution in [0.2, 0.25) is 0 Å². The van der Waals surface area contributed by atoms with Gasteiger partial charge in [0.2, 0.25) is 11.1 Å². The first-order valence-electron chi connectivity index (χ1n) is 8.56. The molecular formula is C18H21N5OS2. The zero-order valence-electron chi connectivity index (χ0n) is 14.8. The maximum absolute atomic E-state index is 12.1. The number of nitrogens with zero attached hydrogens (tertiary/aromatic N) is 3. The normalized spacial score (nSPS) is 10.8. The number of benzene rings is 1. The van der Waals surface area contributed by atoms with E-state index in [1.807, 2.05) is 5.38 Å². The molecule has 0 saturated carbocycles. The van der Waals surface area contributed by atoms with Crippen molar-refractivity contribution in [3.8, 4) is 11.3 Å². The highest BCUT2D eigenvalue weighted by Crippen LogP contribution is 2.25. The van der Waals surface area contributed by atoms with Crippen molar-refractivity contribution in [3.05, 3.63) is 41.0 Å². The Balaban J connectivity index is 1.53. The number of thioether (sulfide) groups is 1. The monoisotopic (exact) mass is 387 g/mol. The highest BCUT2D eigenvalue weighted by Gasteiger charge is 2.10. The minimum atomic E-state index is -0.112. The Hall–Kier alpha value is -2.19. The molecule has 3 aromatic rings. The molecule has 0 radical (unpaired) electrons. The van der Waals surface area contributed by atoms with Crippen molar-refractivity contribution >= 4 is 34.1 Å². The topological polar surface area (TPSA) is 83.6 Å². The van der Waals surface area contributed by atoms with Gasteiger partial charge in [0.15, 0.2) is 5.13 Å². The van der Waals surface area contributed by atoms with Gasteiger partial charge < -0.3 is 5.32 Å². The number of anilines is 1. The molecule has 6 nitrogen and oxygen atoms in total. The number of hydrogen-bond donors (Lipinski definition) is 2. The minimum Gasteiger partial charge on any atom is -0.301 e. The molecule has 136 valence electrons. The first kappa shape index (κ1) is 18.6. The van der Waals surface area contributed by atoms with E-state index in [2.05, 4.69) is 63.6 Å². The molecule has 1 amide bonds. The predicted octanol–water partition coefficient (Wildman–Crippen LogP) is 4.17. The lowest BCUT2D eigenvalue weighted by molar-refractivity contribution is -0.113. The molecule has 0 aliphatic carbocycles. The quantitative estimate of drug-likeness (QED) is 0.567. The lowest BCUT2D eigenvalue weighted by Crippen LogP contribution is -2.13. The number of hydrogen-bond acceptors (Lipinski definition) is 6. The van der Waals surface area contributed by atoms with E-state index in [4.69, 9.17) is 0 Å². The van der Waals surface area contributed by atoms with Crippen molar-refractivity contribution in [2.75, 3.05) is 11.1 Å². The maximum atomic E-state index is 12.1. The van der Waals surface area contributed by atoms with Gasteiger partial charge >= 0.3 is 0 Å². The molecule has 0 aliphatic rings. The number of amides is 1. The van der Waals surface area contributed by atoms with Crippen molar-refractivity contribution in [2.45, 2.75) is 38.3 Å². The van der Waals surface area contributed by atoms with Gasteiger partial charge in [0, 0.05) is 17.4 Å². The number of aryl methyl sites for hydroxylation is 2. The fourth-order valence-corrected chi connectivity index (χ4v) is 3.70. The summed E-state index contributed by atoms with van der Waals surface area (Å²) in [6.07, 6.45) is 2.88. The molecule has 0 bridgehead atoms. The molecule has 26 heavy (non-hydrogen) atoms. The number of carbonyl (C=O) groups excluding carboxylic acids is 1. The van der Waals surface area contributed by atoms with Crippen LogP contribution in [0.15, 0.2) is 34.8 Å². The molecule has 0 fully saturated rings. The minimum absolute atomic E-state index is 0.112. The summed E-state index contributed by atoms with van der Waals surface area (Å²) in [7, 11) is 0. The molecule has 0 unspecified atom stereocenters. The first-order chi connectivity index (χ1) is 12.7. The molecule has 0 aliphatic heterocycles. The highest BCUT2D eigenvalue weighted by atomic mass is 32.2. The molecule has 3 rings (SSSR count). The van der Waals surface area contributed by atoms with E-state index in [0.29, 0.717) is 10.3 Å². The van der Waals surface area contributed by atoms with Gasteiger partial charge in [0.25, 0.3) is 0 Å². The fourth-order valence-electron chi connectivity index (χ4n) is 2.35. The summed E-state index contributed by atoms with van der Waals surface area (Å²) in [5.74, 6) is 0.997. The second kappa shape index (κ2) is 8.95. The summed E-state index contributed by atoms with van der Waals surface area (Å²) in [6, 6.07) is 8.33. The Morgan fingerprint density at radius 3 is 2.77 bits per heavy atom. The highest BCUT2D eigenvalue weighted by molar-refractivity contribution is 7.99. The summed E-state index contributed by atoms with van der Waals surface area (Å²) < 4.78 is 0. The van der Waals surface area contributed by atoms with E-state index in [1.54, 1.807) is 0 Å². The Morgan fingerprint density at radius 1 is 1.23 bits per heavy atom. The largest absolute Gasteiger partial charge is 0.301 e. The van der Waals surface area contributed by atoms with Crippen LogP contribution in [0.1, 0.15) is 31.7 Å². The summed E-state index contributed by atoms with van der Waals surface area (Å²) in [5, 5.41) is 13.0. The number of carbonyl (C=O) groups is 1. The van der Waals surface area contributed by atoms with E-state index < -0.39 is 0 Å². The standard InChI is InChI=1S/C18H21N5OS2/c1-3-5-15-20-18(23-22-15)26-11-16(24)21-17-19-14(10-25-17)13-8-6-12(4-2)7-9-13/h6-10H,3-5,11H2,1-2H3,(H,19,21,24)(H,20,22,23). The van der Waals surface area contributed by atoms with Gasteiger partial charge in [0.05, 0.1) is 11.4 Å². The van der Waals surface area contributed by atoms with E-state index in [0.717, 1.165) is 36.3 Å². The van der Waals surface area contributed by atoms with Gasteiger partial charge in [-0.2, -0.15) is 0 Å². The maximum Gasteiger partial charge on any atom is 0.236 e. The summed E-state index contributed by atoms with van der Waals surface area (Å²) in [6.45, 7) is 4.22. The molecule has 1 aromatic carbocycles. The van der Waals surface area contributed by atoms with Crippen LogP contribution in [0, 0.1) is 0 Å². The third-order valence-corrected chi connectivity index (χ3v) is 5.34. The summed E-state index contributed by atoms with van der Waals surface area (Å²) in [5.41, 5.74) is 3.22. The van der Waals surface area contributed by atoms with E-state index in [1.165, 1.54) is 28.7 Å². The molecular weight excluding hydrogens is 366 g/mol. The van der Waals surface area contributed by atoms with Gasteiger partial charge in [-0.1, -0.05) is 49.9 Å². The number of rotatable bonds is 8. The molecule has 8 heteroatoms. The third kappa shape index (κ3) is 4.92. The third-order valence-electron chi connectivity index (χ3n) is 3.74. The van der Waals surface area contributed by atoms with Crippen molar-refractivity contribution in [1.82, 2.24) is 20.2 Å². The van der Waals surface area contributed by atoms with Crippen LogP contribution in [-0.2, 0) is 17.6 Å². The van der Waals surface area contributed by atoms with Gasteiger partial charge in [-0.15, -0.1) is 16.4 Å². The van der Waals surface area contributed by atoms with Gasteiger partial charge in [0.1, 0.15) is 5.82 Å². The Kier molecular flexibility index (Phi) is 6.40. The second-order valence-corrected chi connectivity index (χ2v) is 7.54. The van der Waals surface area contributed by atoms with Crippen LogP contribution < -0.4 is 5.32 Å². The summed E-state index contributed by atoms with van der Waals surface area (Å²) >= 11 is 2.74. The van der Waals surface area contributed by atoms with Crippen molar-refractivity contribution in [2.24, 2.45) is 0 Å². The Bertz CT molecular complexity index is 857. The molecule has 0 atom stereocenters. The van der Waals surface area contributed by atoms with E-state index in [-0.39, 0.29) is 11.7 Å².